The summed E-state index contributed by atoms with van der Waals surface area (Å²) in [4.78, 5) is 18.2. The Hall–Kier alpha value is -1.61. The number of aliphatic imine (C=N–C) groups is 1. The van der Waals surface area contributed by atoms with E-state index >= 15 is 0 Å². The van der Waals surface area contributed by atoms with Gasteiger partial charge in [0, 0.05) is 30.1 Å². The van der Waals surface area contributed by atoms with Crippen molar-refractivity contribution in [2.75, 3.05) is 19.6 Å². The number of halogens is 1. The maximum absolute atomic E-state index is 12.1. The molecule has 3 N–H and O–H groups in total. The molecule has 5 nitrogen and oxygen atoms in total. The van der Waals surface area contributed by atoms with Crippen LogP contribution in [0.2, 0.25) is 0 Å². The maximum Gasteiger partial charge on any atom is 0.251 e. The first-order valence-corrected chi connectivity index (χ1v) is 10.9. The molecule has 0 aliphatic heterocycles. The van der Waals surface area contributed by atoms with Gasteiger partial charge in [-0.25, -0.2) is 4.99 Å². The van der Waals surface area contributed by atoms with Gasteiger partial charge in [-0.3, -0.25) is 4.79 Å². The van der Waals surface area contributed by atoms with E-state index in [4.69, 9.17) is 0 Å². The third-order valence-electron chi connectivity index (χ3n) is 4.24. The highest BCUT2D eigenvalue weighted by atomic mass is 127. The van der Waals surface area contributed by atoms with Gasteiger partial charge in [-0.05, 0) is 54.8 Å². The lowest BCUT2D eigenvalue weighted by Crippen LogP contribution is -2.39. The van der Waals surface area contributed by atoms with E-state index in [9.17, 15) is 4.79 Å². The van der Waals surface area contributed by atoms with Crippen molar-refractivity contribution in [3.63, 3.8) is 0 Å². The summed E-state index contributed by atoms with van der Waals surface area (Å²) in [5.41, 5.74) is 1.71. The molecule has 2 rings (SSSR count). The van der Waals surface area contributed by atoms with Crippen molar-refractivity contribution in [2.45, 2.75) is 40.2 Å². The molecule has 1 unspecified atom stereocenters. The Labute approximate surface area is 195 Å². The number of amides is 1. The van der Waals surface area contributed by atoms with E-state index < -0.39 is 0 Å². The summed E-state index contributed by atoms with van der Waals surface area (Å²) in [7, 11) is 0. The van der Waals surface area contributed by atoms with Crippen molar-refractivity contribution in [2.24, 2.45) is 10.9 Å². The first-order chi connectivity index (χ1) is 13.6. The van der Waals surface area contributed by atoms with Gasteiger partial charge in [-0.1, -0.05) is 32.0 Å². The predicted octanol–water partition coefficient (Wildman–Crippen LogP) is 4.44. The SMILES string of the molecule is CCCNC(=O)c1cccc(CN=C(NCC)NCC(C)Cc2cccs2)c1.I. The van der Waals surface area contributed by atoms with Gasteiger partial charge in [0.1, 0.15) is 0 Å². The van der Waals surface area contributed by atoms with Gasteiger partial charge in [0.25, 0.3) is 5.91 Å². The summed E-state index contributed by atoms with van der Waals surface area (Å²) >= 11 is 1.81. The van der Waals surface area contributed by atoms with Crippen LogP contribution in [-0.4, -0.2) is 31.5 Å². The largest absolute Gasteiger partial charge is 0.357 e. The molecular weight excluding hydrogens is 495 g/mol. The van der Waals surface area contributed by atoms with E-state index in [2.05, 4.69) is 52.3 Å². The Morgan fingerprint density at radius 3 is 2.66 bits per heavy atom. The van der Waals surface area contributed by atoms with Crippen molar-refractivity contribution in [1.82, 2.24) is 16.0 Å². The molecule has 0 aliphatic rings. The Balaban J connectivity index is 0.00000420. The van der Waals surface area contributed by atoms with Crippen molar-refractivity contribution in [3.05, 3.63) is 57.8 Å². The van der Waals surface area contributed by atoms with Crippen molar-refractivity contribution < 1.29 is 4.79 Å². The van der Waals surface area contributed by atoms with Gasteiger partial charge in [0.15, 0.2) is 5.96 Å². The van der Waals surface area contributed by atoms with Gasteiger partial charge in [0.2, 0.25) is 0 Å². The molecule has 7 heteroatoms. The van der Waals surface area contributed by atoms with E-state index in [1.165, 1.54) is 4.88 Å². The van der Waals surface area contributed by atoms with Gasteiger partial charge in [-0.15, -0.1) is 35.3 Å². The van der Waals surface area contributed by atoms with Crippen LogP contribution in [0, 0.1) is 5.92 Å². The summed E-state index contributed by atoms with van der Waals surface area (Å²) in [6.07, 6.45) is 2.00. The highest BCUT2D eigenvalue weighted by molar-refractivity contribution is 14.0. The third-order valence-corrected chi connectivity index (χ3v) is 5.14. The zero-order valence-corrected chi connectivity index (χ0v) is 20.7. The smallest absolute Gasteiger partial charge is 0.251 e. The number of benzene rings is 1. The third kappa shape index (κ3) is 9.62. The molecule has 160 valence electrons. The summed E-state index contributed by atoms with van der Waals surface area (Å²) in [6, 6.07) is 12.0. The Kier molecular flexibility index (Phi) is 12.6. The number of carbonyl (C=O) groups is 1. The molecule has 1 aromatic heterocycles. The lowest BCUT2D eigenvalue weighted by atomic mass is 10.1. The number of guanidine groups is 1. The second-order valence-corrected chi connectivity index (χ2v) is 7.95. The van der Waals surface area contributed by atoms with Crippen LogP contribution in [0.1, 0.15) is 48.0 Å². The van der Waals surface area contributed by atoms with E-state index in [0.717, 1.165) is 37.5 Å². The predicted molar refractivity (Wildman–Crippen MR) is 134 cm³/mol. The minimum absolute atomic E-state index is 0. The number of nitrogens with one attached hydrogen (secondary N) is 3. The van der Waals surface area contributed by atoms with Crippen LogP contribution >= 0.6 is 35.3 Å². The van der Waals surface area contributed by atoms with Crippen molar-refractivity contribution in [1.29, 1.82) is 0 Å². The molecule has 0 saturated heterocycles. The molecule has 1 aromatic carbocycles. The second kappa shape index (κ2) is 14.4. The molecule has 1 heterocycles. The lowest BCUT2D eigenvalue weighted by Gasteiger charge is -2.15. The average Bonchev–Trinajstić information content (AvgIpc) is 3.21. The summed E-state index contributed by atoms with van der Waals surface area (Å²) in [5.74, 6) is 1.30. The molecule has 0 radical (unpaired) electrons. The normalized spacial score (nSPS) is 12.0. The summed E-state index contributed by atoms with van der Waals surface area (Å²) < 4.78 is 0. The van der Waals surface area contributed by atoms with Gasteiger partial charge < -0.3 is 16.0 Å². The molecule has 0 spiro atoms. The molecule has 0 fully saturated rings. The molecule has 0 bridgehead atoms. The maximum atomic E-state index is 12.1. The first-order valence-electron chi connectivity index (χ1n) is 10.0. The standard InChI is InChI=1S/C22H32N4OS.HI/c1-4-11-24-21(27)19-9-6-8-18(14-19)16-26-22(23-5-2)25-15-17(3)13-20-10-7-12-28-20;/h6-10,12,14,17H,4-5,11,13,15-16H2,1-3H3,(H,24,27)(H2,23,25,26);1H. The van der Waals surface area contributed by atoms with E-state index in [1.54, 1.807) is 11.3 Å². The van der Waals surface area contributed by atoms with Gasteiger partial charge in [-0.2, -0.15) is 0 Å². The average molecular weight is 529 g/mol. The van der Waals surface area contributed by atoms with Crippen LogP contribution in [0.3, 0.4) is 0 Å². The van der Waals surface area contributed by atoms with Crippen LogP contribution in [0.4, 0.5) is 0 Å². The molecule has 0 aliphatic carbocycles. The first kappa shape index (κ1) is 25.4. The van der Waals surface area contributed by atoms with Crippen LogP contribution in [0.5, 0.6) is 0 Å². The fraction of sp³-hybridized carbons (Fsp3) is 0.455. The van der Waals surface area contributed by atoms with Gasteiger partial charge in [0.05, 0.1) is 6.54 Å². The number of thiophene rings is 1. The summed E-state index contributed by atoms with van der Waals surface area (Å²) in [6.45, 7) is 9.25. The highest BCUT2D eigenvalue weighted by Crippen LogP contribution is 2.13. The Morgan fingerprint density at radius 2 is 1.97 bits per heavy atom. The fourth-order valence-electron chi connectivity index (χ4n) is 2.78. The number of nitrogens with zero attached hydrogens (tertiary/aromatic N) is 1. The lowest BCUT2D eigenvalue weighted by molar-refractivity contribution is 0.0953. The molecule has 2 aromatic rings. The molecule has 1 amide bonds. The monoisotopic (exact) mass is 528 g/mol. The van der Waals surface area contributed by atoms with Crippen LogP contribution in [0.25, 0.3) is 0 Å². The van der Waals surface area contributed by atoms with E-state index in [-0.39, 0.29) is 29.9 Å². The van der Waals surface area contributed by atoms with Crippen LogP contribution in [-0.2, 0) is 13.0 Å². The highest BCUT2D eigenvalue weighted by Gasteiger charge is 2.07. The Bertz CT molecular complexity index is 749. The zero-order chi connectivity index (χ0) is 20.2. The fourth-order valence-corrected chi connectivity index (χ4v) is 3.65. The van der Waals surface area contributed by atoms with Gasteiger partial charge >= 0.3 is 0 Å². The quantitative estimate of drug-likeness (QED) is 0.243. The van der Waals surface area contributed by atoms with E-state index in [1.807, 2.05) is 31.2 Å². The number of rotatable bonds is 10. The molecule has 0 saturated carbocycles. The number of hydrogen-bond acceptors (Lipinski definition) is 3. The Morgan fingerprint density at radius 1 is 1.14 bits per heavy atom. The van der Waals surface area contributed by atoms with Crippen molar-refractivity contribution in [3.8, 4) is 0 Å². The number of hydrogen-bond donors (Lipinski definition) is 3. The van der Waals surface area contributed by atoms with Crippen molar-refractivity contribution >= 4 is 47.2 Å². The zero-order valence-electron chi connectivity index (χ0n) is 17.5. The molecule has 29 heavy (non-hydrogen) atoms. The summed E-state index contributed by atoms with van der Waals surface area (Å²) in [5, 5.41) is 11.8. The number of carbonyl (C=O) groups excluding carboxylic acids is 1. The van der Waals surface area contributed by atoms with Crippen LogP contribution in [0.15, 0.2) is 46.8 Å². The van der Waals surface area contributed by atoms with E-state index in [0.29, 0.717) is 24.6 Å². The topological polar surface area (TPSA) is 65.5 Å². The second-order valence-electron chi connectivity index (χ2n) is 6.92. The van der Waals surface area contributed by atoms with Crippen LogP contribution < -0.4 is 16.0 Å². The minimum atomic E-state index is -0.0277. The molecule has 1 atom stereocenters. The minimum Gasteiger partial charge on any atom is -0.357 e. The molecular formula is C22H33IN4OS.